The molecule has 1 heterocycles. The highest BCUT2D eigenvalue weighted by molar-refractivity contribution is 5.79. The van der Waals surface area contributed by atoms with E-state index in [1.165, 1.54) is 11.1 Å². The van der Waals surface area contributed by atoms with Crippen LogP contribution in [0.3, 0.4) is 0 Å². The Balaban J connectivity index is 1.60. The molecular weight excluding hydrogens is 346 g/mol. The molecule has 0 fully saturated rings. The van der Waals surface area contributed by atoms with E-state index < -0.39 is 6.10 Å². The second kappa shape index (κ2) is 8.32. The monoisotopic (exact) mass is 371 g/mol. The molecule has 1 aliphatic rings. The van der Waals surface area contributed by atoms with Crippen LogP contribution in [-0.4, -0.2) is 18.3 Å². The standard InChI is InChI=1S/C25H25NO2/c1-28-21-15-13-19(14-16-21)23-24(20-10-6-3-7-11-20)26-25(23)22(27)17-12-18-8-4-2-5-9-18/h2-11,13-16,22,24,26-27H,12,17H2,1H3/t22-,24?/m1/s1. The first-order chi connectivity index (χ1) is 13.8. The molecule has 0 saturated carbocycles. The van der Waals surface area contributed by atoms with Gasteiger partial charge in [0.25, 0.3) is 0 Å². The lowest BCUT2D eigenvalue weighted by molar-refractivity contribution is 0.185. The fraction of sp³-hybridized carbons (Fsp3) is 0.200. The summed E-state index contributed by atoms with van der Waals surface area (Å²) in [5, 5.41) is 14.4. The second-order valence-corrected chi connectivity index (χ2v) is 7.08. The molecule has 1 unspecified atom stereocenters. The Morgan fingerprint density at radius 3 is 2.18 bits per heavy atom. The molecule has 0 saturated heterocycles. The molecule has 0 aliphatic carbocycles. The predicted octanol–water partition coefficient (Wildman–Crippen LogP) is 4.74. The van der Waals surface area contributed by atoms with Crippen molar-refractivity contribution in [2.24, 2.45) is 0 Å². The van der Waals surface area contributed by atoms with Crippen LogP contribution in [0.15, 0.2) is 90.6 Å². The molecule has 3 nitrogen and oxygen atoms in total. The normalized spacial score (nSPS) is 16.9. The summed E-state index contributed by atoms with van der Waals surface area (Å²) in [5.41, 5.74) is 5.64. The van der Waals surface area contributed by atoms with E-state index in [4.69, 9.17) is 4.74 Å². The maximum atomic E-state index is 10.9. The number of benzene rings is 3. The fourth-order valence-electron chi connectivity index (χ4n) is 3.74. The Kier molecular flexibility index (Phi) is 5.45. The number of hydrogen-bond donors (Lipinski definition) is 2. The molecule has 28 heavy (non-hydrogen) atoms. The van der Waals surface area contributed by atoms with Crippen LogP contribution < -0.4 is 10.1 Å². The van der Waals surface area contributed by atoms with Gasteiger partial charge in [-0.05, 0) is 41.7 Å². The first-order valence-electron chi connectivity index (χ1n) is 9.68. The van der Waals surface area contributed by atoms with Crippen LogP contribution in [0.1, 0.15) is 29.2 Å². The fourth-order valence-corrected chi connectivity index (χ4v) is 3.74. The number of aliphatic hydroxyl groups is 1. The van der Waals surface area contributed by atoms with Crippen LogP contribution in [0, 0.1) is 0 Å². The number of methoxy groups -OCH3 is 1. The highest BCUT2D eigenvalue weighted by Gasteiger charge is 2.34. The molecule has 142 valence electrons. The molecule has 0 amide bonds. The predicted molar refractivity (Wildman–Crippen MR) is 113 cm³/mol. The minimum Gasteiger partial charge on any atom is -0.497 e. The van der Waals surface area contributed by atoms with Gasteiger partial charge in [0.15, 0.2) is 0 Å². The Morgan fingerprint density at radius 2 is 1.54 bits per heavy atom. The summed E-state index contributed by atoms with van der Waals surface area (Å²) in [7, 11) is 1.67. The van der Waals surface area contributed by atoms with Gasteiger partial charge in [-0.3, -0.25) is 0 Å². The summed E-state index contributed by atoms with van der Waals surface area (Å²) in [6, 6.07) is 28.8. The Hall–Kier alpha value is -3.04. The topological polar surface area (TPSA) is 41.5 Å². The van der Waals surface area contributed by atoms with E-state index >= 15 is 0 Å². The van der Waals surface area contributed by atoms with Gasteiger partial charge in [-0.25, -0.2) is 0 Å². The summed E-state index contributed by atoms with van der Waals surface area (Å²) in [6.45, 7) is 0. The van der Waals surface area contributed by atoms with Gasteiger partial charge in [-0.2, -0.15) is 0 Å². The number of nitrogens with one attached hydrogen (secondary N) is 1. The van der Waals surface area contributed by atoms with Crippen molar-refractivity contribution in [3.63, 3.8) is 0 Å². The molecule has 0 spiro atoms. The molecule has 2 N–H and O–H groups in total. The van der Waals surface area contributed by atoms with E-state index in [-0.39, 0.29) is 6.04 Å². The first kappa shape index (κ1) is 18.3. The largest absolute Gasteiger partial charge is 0.497 e. The van der Waals surface area contributed by atoms with E-state index in [9.17, 15) is 5.11 Å². The molecule has 0 aromatic heterocycles. The van der Waals surface area contributed by atoms with Gasteiger partial charge in [0.1, 0.15) is 5.75 Å². The van der Waals surface area contributed by atoms with Crippen molar-refractivity contribution >= 4 is 5.57 Å². The van der Waals surface area contributed by atoms with Crippen LogP contribution in [0.25, 0.3) is 5.57 Å². The Labute approximate surface area is 166 Å². The number of rotatable bonds is 7. The van der Waals surface area contributed by atoms with Crippen molar-refractivity contribution in [2.45, 2.75) is 25.0 Å². The van der Waals surface area contributed by atoms with Crippen molar-refractivity contribution < 1.29 is 9.84 Å². The third-order valence-corrected chi connectivity index (χ3v) is 5.30. The summed E-state index contributed by atoms with van der Waals surface area (Å²) in [5.74, 6) is 0.832. The number of aliphatic hydroxyl groups excluding tert-OH is 1. The summed E-state index contributed by atoms with van der Waals surface area (Å²) >= 11 is 0. The van der Waals surface area contributed by atoms with Crippen LogP contribution in [0.2, 0.25) is 0 Å². The highest BCUT2D eigenvalue weighted by Crippen LogP contribution is 2.42. The van der Waals surface area contributed by atoms with Crippen molar-refractivity contribution in [1.29, 1.82) is 0 Å². The third kappa shape index (κ3) is 3.80. The first-order valence-corrected chi connectivity index (χ1v) is 9.68. The molecule has 0 bridgehead atoms. The SMILES string of the molecule is COc1ccc(C2=C([C@H](O)CCc3ccccc3)NC2c2ccccc2)cc1. The van der Waals surface area contributed by atoms with Gasteiger partial charge in [0, 0.05) is 11.3 Å². The summed E-state index contributed by atoms with van der Waals surface area (Å²) in [4.78, 5) is 0. The third-order valence-electron chi connectivity index (χ3n) is 5.30. The van der Waals surface area contributed by atoms with E-state index in [0.717, 1.165) is 29.0 Å². The van der Waals surface area contributed by atoms with Gasteiger partial charge in [-0.1, -0.05) is 72.8 Å². The number of aryl methyl sites for hydroxylation is 1. The van der Waals surface area contributed by atoms with E-state index in [1.807, 2.05) is 48.5 Å². The van der Waals surface area contributed by atoms with Crippen LogP contribution >= 0.6 is 0 Å². The minimum atomic E-state index is -0.516. The molecule has 3 aromatic carbocycles. The number of ether oxygens (including phenoxy) is 1. The molecular formula is C25H25NO2. The van der Waals surface area contributed by atoms with Crippen molar-refractivity contribution in [1.82, 2.24) is 5.32 Å². The maximum Gasteiger partial charge on any atom is 0.118 e. The Morgan fingerprint density at radius 1 is 0.893 bits per heavy atom. The van der Waals surface area contributed by atoms with Crippen molar-refractivity contribution in [3.8, 4) is 5.75 Å². The molecule has 1 aliphatic heterocycles. The van der Waals surface area contributed by atoms with Gasteiger partial charge >= 0.3 is 0 Å². The van der Waals surface area contributed by atoms with E-state index in [0.29, 0.717) is 6.42 Å². The van der Waals surface area contributed by atoms with Crippen LogP contribution in [-0.2, 0) is 6.42 Å². The average Bonchev–Trinajstić information content (AvgIpc) is 2.74. The van der Waals surface area contributed by atoms with E-state index in [1.54, 1.807) is 7.11 Å². The van der Waals surface area contributed by atoms with Crippen molar-refractivity contribution in [3.05, 3.63) is 107 Å². The molecule has 4 rings (SSSR count). The average molecular weight is 371 g/mol. The van der Waals surface area contributed by atoms with Crippen molar-refractivity contribution in [2.75, 3.05) is 7.11 Å². The lowest BCUT2D eigenvalue weighted by atomic mass is 9.82. The second-order valence-electron chi connectivity index (χ2n) is 7.08. The van der Waals surface area contributed by atoms with E-state index in [2.05, 4.69) is 41.7 Å². The smallest absolute Gasteiger partial charge is 0.118 e. The zero-order valence-electron chi connectivity index (χ0n) is 16.0. The lowest BCUT2D eigenvalue weighted by Gasteiger charge is -2.39. The quantitative estimate of drug-likeness (QED) is 0.630. The van der Waals surface area contributed by atoms with Gasteiger partial charge in [-0.15, -0.1) is 0 Å². The lowest BCUT2D eigenvalue weighted by Crippen LogP contribution is -2.40. The molecule has 2 atom stereocenters. The van der Waals surface area contributed by atoms with Crippen LogP contribution in [0.4, 0.5) is 0 Å². The minimum absolute atomic E-state index is 0.0935. The maximum absolute atomic E-state index is 10.9. The number of hydrogen-bond acceptors (Lipinski definition) is 3. The Bertz CT molecular complexity index is 933. The summed E-state index contributed by atoms with van der Waals surface area (Å²) in [6.07, 6.45) is 1.02. The molecule has 0 radical (unpaired) electrons. The van der Waals surface area contributed by atoms with Gasteiger partial charge in [0.05, 0.1) is 19.3 Å². The zero-order chi connectivity index (χ0) is 19.3. The highest BCUT2D eigenvalue weighted by atomic mass is 16.5. The van der Waals surface area contributed by atoms with Gasteiger partial charge in [0.2, 0.25) is 0 Å². The molecule has 3 aromatic rings. The van der Waals surface area contributed by atoms with Gasteiger partial charge < -0.3 is 15.2 Å². The zero-order valence-corrected chi connectivity index (χ0v) is 16.0. The summed E-state index contributed by atoms with van der Waals surface area (Å²) < 4.78 is 5.29. The molecule has 3 heteroatoms. The van der Waals surface area contributed by atoms with Crippen LogP contribution in [0.5, 0.6) is 5.75 Å².